The van der Waals surface area contributed by atoms with E-state index in [0.717, 1.165) is 25.0 Å². The number of hydrogen-bond acceptors (Lipinski definition) is 5. The van der Waals surface area contributed by atoms with Crippen LogP contribution >= 0.6 is 0 Å². The van der Waals surface area contributed by atoms with Gasteiger partial charge < -0.3 is 10.1 Å². The molecule has 2 aliphatic heterocycles. The minimum atomic E-state index is -3.46. The molecule has 0 spiro atoms. The van der Waals surface area contributed by atoms with Gasteiger partial charge in [0.25, 0.3) is 0 Å². The lowest BCUT2D eigenvalue weighted by Crippen LogP contribution is -2.51. The maximum absolute atomic E-state index is 12.7. The molecule has 1 atom stereocenters. The summed E-state index contributed by atoms with van der Waals surface area (Å²) in [6.07, 6.45) is 2.18. The van der Waals surface area contributed by atoms with E-state index in [2.05, 4.69) is 5.32 Å². The third-order valence-corrected chi connectivity index (χ3v) is 6.82. The maximum atomic E-state index is 12.7. The first-order valence-corrected chi connectivity index (χ1v) is 10.6. The van der Waals surface area contributed by atoms with E-state index in [9.17, 15) is 13.2 Å². The summed E-state index contributed by atoms with van der Waals surface area (Å²) in [4.78, 5) is 14.4. The van der Waals surface area contributed by atoms with E-state index in [4.69, 9.17) is 4.74 Å². The number of nitrogens with one attached hydrogen (secondary N) is 1. The van der Waals surface area contributed by atoms with Gasteiger partial charge in [-0.3, -0.25) is 9.69 Å². The zero-order valence-electron chi connectivity index (χ0n) is 15.2. The largest absolute Gasteiger partial charge is 0.376 e. The highest BCUT2D eigenvalue weighted by atomic mass is 32.2. The molecule has 0 bridgehead atoms. The number of aryl methyl sites for hydroxylation is 1. The Kier molecular flexibility index (Phi) is 6.29. The van der Waals surface area contributed by atoms with Gasteiger partial charge in [0.15, 0.2) is 0 Å². The summed E-state index contributed by atoms with van der Waals surface area (Å²) in [7, 11) is -3.46. The zero-order chi connectivity index (χ0) is 18.6. The number of carbonyl (C=O) groups excluding carboxylic acids is 1. The molecule has 144 valence electrons. The topological polar surface area (TPSA) is 79.0 Å². The Bertz CT molecular complexity index is 706. The minimum absolute atomic E-state index is 0.0321. The highest BCUT2D eigenvalue weighted by Crippen LogP contribution is 2.18. The van der Waals surface area contributed by atoms with Crippen molar-refractivity contribution < 1.29 is 17.9 Å². The molecule has 0 aromatic heterocycles. The van der Waals surface area contributed by atoms with Crippen LogP contribution in [0.15, 0.2) is 29.2 Å². The van der Waals surface area contributed by atoms with Crippen LogP contribution in [0.4, 0.5) is 0 Å². The van der Waals surface area contributed by atoms with E-state index in [1.54, 1.807) is 12.1 Å². The Hall–Kier alpha value is -1.48. The average molecular weight is 381 g/mol. The quantitative estimate of drug-likeness (QED) is 0.781. The van der Waals surface area contributed by atoms with Crippen LogP contribution in [-0.4, -0.2) is 75.5 Å². The lowest BCUT2D eigenvalue weighted by atomic mass is 10.2. The fraction of sp³-hybridized carbons (Fsp3) is 0.611. The summed E-state index contributed by atoms with van der Waals surface area (Å²) in [6.45, 7) is 5.46. The van der Waals surface area contributed by atoms with Gasteiger partial charge in [0.05, 0.1) is 17.5 Å². The molecule has 2 heterocycles. The highest BCUT2D eigenvalue weighted by molar-refractivity contribution is 7.89. The third kappa shape index (κ3) is 4.82. The number of rotatable bonds is 6. The fourth-order valence-electron chi connectivity index (χ4n) is 3.28. The van der Waals surface area contributed by atoms with Crippen molar-refractivity contribution in [2.45, 2.75) is 30.8 Å². The smallest absolute Gasteiger partial charge is 0.243 e. The summed E-state index contributed by atoms with van der Waals surface area (Å²) in [6, 6.07) is 6.91. The molecule has 0 saturated carbocycles. The molecule has 1 aromatic carbocycles. The van der Waals surface area contributed by atoms with Crippen LogP contribution in [0.2, 0.25) is 0 Å². The molecule has 1 amide bonds. The highest BCUT2D eigenvalue weighted by Gasteiger charge is 2.29. The monoisotopic (exact) mass is 381 g/mol. The number of piperazine rings is 1. The normalized spacial score (nSPS) is 22.4. The molecule has 26 heavy (non-hydrogen) atoms. The lowest BCUT2D eigenvalue weighted by Gasteiger charge is -2.33. The Morgan fingerprint density at radius 1 is 1.19 bits per heavy atom. The van der Waals surface area contributed by atoms with Crippen molar-refractivity contribution in [2.24, 2.45) is 0 Å². The second-order valence-electron chi connectivity index (χ2n) is 6.93. The van der Waals surface area contributed by atoms with E-state index in [1.165, 1.54) is 4.31 Å². The van der Waals surface area contributed by atoms with Crippen LogP contribution in [-0.2, 0) is 19.6 Å². The van der Waals surface area contributed by atoms with Crippen molar-refractivity contribution in [1.82, 2.24) is 14.5 Å². The molecule has 1 aromatic rings. The number of amides is 1. The van der Waals surface area contributed by atoms with E-state index in [1.807, 2.05) is 24.0 Å². The minimum Gasteiger partial charge on any atom is -0.376 e. The Balaban J connectivity index is 1.46. The van der Waals surface area contributed by atoms with Crippen LogP contribution in [0.3, 0.4) is 0 Å². The standard InChI is InChI=1S/C18H27N3O4S/c1-15-4-6-17(7-5-15)26(23,24)21-10-8-20(9-11-21)14-18(22)19-13-16-3-2-12-25-16/h4-7,16H,2-3,8-14H2,1H3,(H,19,22)/t16-/m1/s1. The van der Waals surface area contributed by atoms with Gasteiger partial charge in [0.2, 0.25) is 15.9 Å². The molecule has 2 saturated heterocycles. The maximum Gasteiger partial charge on any atom is 0.243 e. The average Bonchev–Trinajstić information content (AvgIpc) is 3.14. The third-order valence-electron chi connectivity index (χ3n) is 4.91. The number of nitrogens with zero attached hydrogens (tertiary/aromatic N) is 2. The first kappa shape index (κ1) is 19.3. The molecule has 0 radical (unpaired) electrons. The molecule has 8 heteroatoms. The second-order valence-corrected chi connectivity index (χ2v) is 8.87. The first-order valence-electron chi connectivity index (χ1n) is 9.12. The van der Waals surface area contributed by atoms with Gasteiger partial charge in [-0.05, 0) is 31.9 Å². The first-order chi connectivity index (χ1) is 12.4. The van der Waals surface area contributed by atoms with Crippen LogP contribution in [0, 0.1) is 6.92 Å². The van der Waals surface area contributed by atoms with Gasteiger partial charge in [-0.25, -0.2) is 8.42 Å². The van der Waals surface area contributed by atoms with Gasteiger partial charge in [-0.2, -0.15) is 4.31 Å². The predicted octanol–water partition coefficient (Wildman–Crippen LogP) is 0.597. The van der Waals surface area contributed by atoms with E-state index < -0.39 is 10.0 Å². The van der Waals surface area contributed by atoms with Gasteiger partial charge >= 0.3 is 0 Å². The molecule has 2 aliphatic rings. The Labute approximate surface area is 155 Å². The molecule has 2 fully saturated rings. The molecule has 1 N–H and O–H groups in total. The molecule has 0 unspecified atom stereocenters. The SMILES string of the molecule is Cc1ccc(S(=O)(=O)N2CCN(CC(=O)NC[C@H]3CCCO3)CC2)cc1. The van der Waals surface area contributed by atoms with Gasteiger partial charge in [-0.1, -0.05) is 17.7 Å². The number of ether oxygens (including phenoxy) is 1. The van der Waals surface area contributed by atoms with Crippen molar-refractivity contribution >= 4 is 15.9 Å². The van der Waals surface area contributed by atoms with Crippen molar-refractivity contribution in [3.05, 3.63) is 29.8 Å². The van der Waals surface area contributed by atoms with E-state index >= 15 is 0 Å². The summed E-state index contributed by atoms with van der Waals surface area (Å²) in [5.41, 5.74) is 1.03. The number of benzene rings is 1. The van der Waals surface area contributed by atoms with Crippen LogP contribution < -0.4 is 5.32 Å². The van der Waals surface area contributed by atoms with Gasteiger partial charge in [0.1, 0.15) is 0 Å². The molecule has 7 nitrogen and oxygen atoms in total. The summed E-state index contributed by atoms with van der Waals surface area (Å²) in [5.74, 6) is -0.0321. The van der Waals surface area contributed by atoms with E-state index in [-0.39, 0.29) is 12.0 Å². The van der Waals surface area contributed by atoms with Crippen molar-refractivity contribution in [3.8, 4) is 0 Å². The second kappa shape index (κ2) is 8.47. The zero-order valence-corrected chi connectivity index (χ0v) is 16.0. The van der Waals surface area contributed by atoms with Gasteiger partial charge in [-0.15, -0.1) is 0 Å². The number of hydrogen-bond donors (Lipinski definition) is 1. The van der Waals surface area contributed by atoms with Gasteiger partial charge in [0, 0.05) is 39.3 Å². The van der Waals surface area contributed by atoms with Crippen molar-refractivity contribution in [2.75, 3.05) is 45.9 Å². The molecule has 0 aliphatic carbocycles. The van der Waals surface area contributed by atoms with E-state index in [0.29, 0.717) is 44.2 Å². The fourth-order valence-corrected chi connectivity index (χ4v) is 4.70. The summed E-state index contributed by atoms with van der Waals surface area (Å²) in [5, 5.41) is 2.91. The predicted molar refractivity (Wildman–Crippen MR) is 98.4 cm³/mol. The number of carbonyl (C=O) groups is 1. The number of sulfonamides is 1. The Morgan fingerprint density at radius 3 is 2.50 bits per heavy atom. The molecular formula is C18H27N3O4S. The molecule has 3 rings (SSSR count). The Morgan fingerprint density at radius 2 is 1.88 bits per heavy atom. The van der Waals surface area contributed by atoms with Crippen LogP contribution in [0.25, 0.3) is 0 Å². The van der Waals surface area contributed by atoms with Crippen molar-refractivity contribution in [1.29, 1.82) is 0 Å². The van der Waals surface area contributed by atoms with Crippen molar-refractivity contribution in [3.63, 3.8) is 0 Å². The summed E-state index contributed by atoms with van der Waals surface area (Å²) < 4.78 is 32.4. The lowest BCUT2D eigenvalue weighted by molar-refractivity contribution is -0.123. The van der Waals surface area contributed by atoms with Crippen LogP contribution in [0.5, 0.6) is 0 Å². The summed E-state index contributed by atoms with van der Waals surface area (Å²) >= 11 is 0. The molecular weight excluding hydrogens is 354 g/mol. The van der Waals surface area contributed by atoms with Crippen LogP contribution in [0.1, 0.15) is 18.4 Å².